The number of hydrogen-bond donors (Lipinski definition) is 2. The minimum atomic E-state index is -1.16. The minimum Gasteiger partial charge on any atom is -0.478 e. The van der Waals surface area contributed by atoms with Crippen LogP contribution in [0.5, 0.6) is 0 Å². The Morgan fingerprint density at radius 1 is 1.43 bits per heavy atom. The molecular formula is C9H14Cl2O3. The molecule has 0 aromatic heterocycles. The lowest BCUT2D eigenvalue weighted by molar-refractivity contribution is -0.133. The highest BCUT2D eigenvalue weighted by Gasteiger charge is 2.17. The summed E-state index contributed by atoms with van der Waals surface area (Å²) in [5.41, 5.74) is 0.318. The van der Waals surface area contributed by atoms with Crippen molar-refractivity contribution < 1.29 is 15.0 Å². The average Bonchev–Trinajstić information content (AvgIpc) is 2.10. The number of aliphatic hydroxyl groups is 1. The molecule has 0 bridgehead atoms. The predicted octanol–water partition coefficient (Wildman–Crippen LogP) is 2.35. The topological polar surface area (TPSA) is 57.5 Å². The normalized spacial score (nSPS) is 12.9. The van der Waals surface area contributed by atoms with Gasteiger partial charge in [-0.1, -0.05) is 13.3 Å². The van der Waals surface area contributed by atoms with Crippen LogP contribution in [0.1, 0.15) is 26.2 Å². The molecule has 0 aliphatic rings. The fraction of sp³-hybridized carbons (Fsp3) is 0.667. The molecule has 0 spiro atoms. The van der Waals surface area contributed by atoms with E-state index in [0.29, 0.717) is 12.0 Å². The molecule has 5 heteroatoms. The predicted molar refractivity (Wildman–Crippen MR) is 56.8 cm³/mol. The van der Waals surface area contributed by atoms with Gasteiger partial charge in [-0.15, -0.1) is 23.2 Å². The number of rotatable bonds is 6. The van der Waals surface area contributed by atoms with Crippen molar-refractivity contribution in [2.45, 2.75) is 31.0 Å². The molecule has 0 heterocycles. The fourth-order valence-electron chi connectivity index (χ4n) is 1.07. The van der Waals surface area contributed by atoms with Gasteiger partial charge in [0, 0.05) is 0 Å². The average molecular weight is 241 g/mol. The van der Waals surface area contributed by atoms with Crippen LogP contribution in [0.25, 0.3) is 0 Å². The second kappa shape index (κ2) is 7.10. The number of halogens is 2. The van der Waals surface area contributed by atoms with Crippen LogP contribution in [-0.4, -0.2) is 27.6 Å². The molecule has 0 saturated heterocycles. The van der Waals surface area contributed by atoms with Crippen molar-refractivity contribution in [2.24, 2.45) is 0 Å². The maximum absolute atomic E-state index is 10.7. The molecule has 0 rings (SSSR count). The summed E-state index contributed by atoms with van der Waals surface area (Å²) in [7, 11) is 0. The number of carboxylic acid groups (broad SMARTS) is 1. The van der Waals surface area contributed by atoms with Crippen molar-refractivity contribution in [1.29, 1.82) is 0 Å². The molecule has 0 radical (unpaired) electrons. The van der Waals surface area contributed by atoms with Crippen LogP contribution in [0.4, 0.5) is 0 Å². The molecule has 0 amide bonds. The van der Waals surface area contributed by atoms with E-state index in [4.69, 9.17) is 33.4 Å². The van der Waals surface area contributed by atoms with Crippen molar-refractivity contribution >= 4 is 29.2 Å². The van der Waals surface area contributed by atoms with Gasteiger partial charge in [-0.25, -0.2) is 4.79 Å². The van der Waals surface area contributed by atoms with Crippen LogP contribution < -0.4 is 0 Å². The lowest BCUT2D eigenvalue weighted by Crippen LogP contribution is -2.12. The second-order valence-corrected chi connectivity index (χ2v) is 3.97. The summed E-state index contributed by atoms with van der Waals surface area (Å²) in [5.74, 6) is -1.16. The summed E-state index contributed by atoms with van der Waals surface area (Å²) < 4.78 is 0. The van der Waals surface area contributed by atoms with E-state index in [1.807, 2.05) is 6.92 Å². The van der Waals surface area contributed by atoms with E-state index in [-0.39, 0.29) is 5.57 Å². The molecule has 0 unspecified atom stereocenters. The van der Waals surface area contributed by atoms with Gasteiger partial charge in [0.25, 0.3) is 0 Å². The molecule has 14 heavy (non-hydrogen) atoms. The van der Waals surface area contributed by atoms with Crippen molar-refractivity contribution in [2.75, 3.05) is 6.61 Å². The van der Waals surface area contributed by atoms with Crippen molar-refractivity contribution in [3.8, 4) is 0 Å². The second-order valence-electron chi connectivity index (χ2n) is 2.87. The third kappa shape index (κ3) is 4.31. The van der Waals surface area contributed by atoms with Gasteiger partial charge in [0.2, 0.25) is 0 Å². The molecule has 0 aromatic carbocycles. The maximum Gasteiger partial charge on any atom is 0.333 e. The van der Waals surface area contributed by atoms with E-state index in [2.05, 4.69) is 0 Å². The third-order valence-corrected chi connectivity index (χ3v) is 2.39. The highest BCUT2D eigenvalue weighted by molar-refractivity contribution is 6.46. The first-order valence-electron chi connectivity index (χ1n) is 4.38. The summed E-state index contributed by atoms with van der Waals surface area (Å²) in [4.78, 5) is 9.84. The van der Waals surface area contributed by atoms with E-state index in [1.165, 1.54) is 0 Å². The minimum absolute atomic E-state index is 0.0894. The maximum atomic E-state index is 10.7. The Kier molecular flexibility index (Phi) is 6.97. The van der Waals surface area contributed by atoms with Crippen molar-refractivity contribution in [1.82, 2.24) is 0 Å². The molecular weight excluding hydrogens is 227 g/mol. The Hall–Kier alpha value is -0.250. The number of aliphatic carboxylic acids is 1. The Bertz CT molecular complexity index is 224. The molecule has 0 aromatic rings. The van der Waals surface area contributed by atoms with Crippen LogP contribution in [0, 0.1) is 0 Å². The van der Waals surface area contributed by atoms with E-state index < -0.39 is 17.4 Å². The van der Waals surface area contributed by atoms with Gasteiger partial charge < -0.3 is 10.2 Å². The van der Waals surface area contributed by atoms with Crippen LogP contribution in [0.2, 0.25) is 0 Å². The first-order valence-corrected chi connectivity index (χ1v) is 5.26. The summed E-state index contributed by atoms with van der Waals surface area (Å²) >= 11 is 11.3. The highest BCUT2D eigenvalue weighted by atomic mass is 35.5. The van der Waals surface area contributed by atoms with Crippen molar-refractivity contribution in [3.63, 3.8) is 0 Å². The quantitative estimate of drug-likeness (QED) is 0.554. The molecule has 0 fully saturated rings. The lowest BCUT2D eigenvalue weighted by atomic mass is 10.0. The number of hydrogen-bond acceptors (Lipinski definition) is 2. The monoisotopic (exact) mass is 240 g/mol. The number of aliphatic hydroxyl groups excluding tert-OH is 1. The number of allylic oxidation sites excluding steroid dienone is 1. The van der Waals surface area contributed by atoms with Gasteiger partial charge >= 0.3 is 5.97 Å². The van der Waals surface area contributed by atoms with Crippen molar-refractivity contribution in [3.05, 3.63) is 11.1 Å². The zero-order valence-electron chi connectivity index (χ0n) is 7.96. The van der Waals surface area contributed by atoms with E-state index >= 15 is 0 Å². The molecule has 2 N–H and O–H groups in total. The molecule has 3 nitrogen and oxygen atoms in total. The summed E-state index contributed by atoms with van der Waals surface area (Å²) in [6.45, 7) is 1.44. The number of alkyl halides is 2. The summed E-state index contributed by atoms with van der Waals surface area (Å²) in [6.07, 6.45) is 2.24. The van der Waals surface area contributed by atoms with E-state index in [1.54, 1.807) is 0 Å². The van der Waals surface area contributed by atoms with Gasteiger partial charge in [-0.05, 0) is 18.4 Å². The van der Waals surface area contributed by atoms with E-state index in [0.717, 1.165) is 12.8 Å². The van der Waals surface area contributed by atoms with Crippen LogP contribution in [0.15, 0.2) is 11.1 Å². The van der Waals surface area contributed by atoms with Gasteiger partial charge in [0.1, 0.15) is 4.84 Å². The third-order valence-electron chi connectivity index (χ3n) is 1.87. The molecule has 0 saturated carbocycles. The summed E-state index contributed by atoms with van der Waals surface area (Å²) in [5, 5.41) is 17.6. The van der Waals surface area contributed by atoms with Gasteiger partial charge in [-0.2, -0.15) is 0 Å². The number of carboxylic acids is 1. The molecule has 0 aliphatic heterocycles. The lowest BCUT2D eigenvalue weighted by Gasteiger charge is -2.11. The van der Waals surface area contributed by atoms with Gasteiger partial charge in [0.15, 0.2) is 0 Å². The number of unbranched alkanes of at least 4 members (excludes halogenated alkanes) is 1. The Morgan fingerprint density at radius 3 is 2.29 bits per heavy atom. The molecule has 0 aliphatic carbocycles. The Morgan fingerprint density at radius 2 is 2.00 bits per heavy atom. The Labute approximate surface area is 93.3 Å². The zero-order chi connectivity index (χ0) is 11.1. The molecule has 0 atom stereocenters. The smallest absolute Gasteiger partial charge is 0.333 e. The Balaban J connectivity index is 4.80. The molecule has 82 valence electrons. The first kappa shape index (κ1) is 13.8. The van der Waals surface area contributed by atoms with Crippen LogP contribution in [-0.2, 0) is 4.79 Å². The van der Waals surface area contributed by atoms with Gasteiger partial charge in [-0.3, -0.25) is 0 Å². The largest absolute Gasteiger partial charge is 0.478 e. The standard InChI is InChI=1S/C9H14Cl2O3/c1-2-3-4-6(8(10)11)7(5-12)9(13)14/h8,12H,2-5H2,1H3,(H,13,14). The van der Waals surface area contributed by atoms with E-state index in [9.17, 15) is 4.79 Å². The van der Waals surface area contributed by atoms with Crippen LogP contribution >= 0.6 is 23.2 Å². The SMILES string of the molecule is CCCCC(=C(CO)C(=O)O)C(Cl)Cl. The highest BCUT2D eigenvalue weighted by Crippen LogP contribution is 2.23. The fourth-order valence-corrected chi connectivity index (χ4v) is 1.55. The summed E-state index contributed by atoms with van der Waals surface area (Å²) in [6, 6.07) is 0. The zero-order valence-corrected chi connectivity index (χ0v) is 9.48. The van der Waals surface area contributed by atoms with Crippen LogP contribution in [0.3, 0.4) is 0 Å². The number of carbonyl (C=O) groups is 1. The first-order chi connectivity index (χ1) is 6.54. The van der Waals surface area contributed by atoms with Gasteiger partial charge in [0.05, 0.1) is 12.2 Å².